The van der Waals surface area contributed by atoms with E-state index in [2.05, 4.69) is 13.3 Å². The van der Waals surface area contributed by atoms with Crippen LogP contribution in [0.15, 0.2) is 18.2 Å². The molecular formula is C11H14N4OSe. The molecule has 0 aliphatic carbocycles. The fraction of sp³-hybridized carbons (Fsp3) is 0.364. The van der Waals surface area contributed by atoms with Gasteiger partial charge in [0.2, 0.25) is 0 Å². The molecule has 1 amide bonds. The number of aromatic nitrogens is 2. The van der Waals surface area contributed by atoms with Gasteiger partial charge in [0.15, 0.2) is 0 Å². The van der Waals surface area contributed by atoms with Crippen LogP contribution in [0.5, 0.6) is 0 Å². The zero-order chi connectivity index (χ0) is 12.3. The molecule has 90 valence electrons. The number of rotatable bonds is 4. The van der Waals surface area contributed by atoms with Crippen LogP contribution in [0.2, 0.25) is 0 Å². The molecule has 1 unspecified atom stereocenters. The Balaban J connectivity index is 2.23. The summed E-state index contributed by atoms with van der Waals surface area (Å²) in [6, 6.07) is 5.63. The standard InChI is InChI=1S/C11H14N4OSe/c1-2-7(6-12)11(16)13-8-4-3-5-9-10(8)15-17-14-9/h3-5,7H,2,6,12H2,1H3,(H,13,16). The first kappa shape index (κ1) is 12.2. The van der Waals surface area contributed by atoms with Gasteiger partial charge < -0.3 is 0 Å². The Morgan fingerprint density at radius 1 is 1.53 bits per heavy atom. The van der Waals surface area contributed by atoms with Crippen LogP contribution >= 0.6 is 0 Å². The number of amides is 1. The van der Waals surface area contributed by atoms with Gasteiger partial charge >= 0.3 is 105 Å². The molecule has 0 bridgehead atoms. The fourth-order valence-corrected chi connectivity index (χ4v) is 2.75. The molecule has 0 saturated carbocycles. The van der Waals surface area contributed by atoms with Crippen molar-refractivity contribution in [1.29, 1.82) is 0 Å². The zero-order valence-electron chi connectivity index (χ0n) is 9.51. The summed E-state index contributed by atoms with van der Waals surface area (Å²) in [5.74, 6) is -0.187. The van der Waals surface area contributed by atoms with Crippen molar-refractivity contribution < 1.29 is 4.79 Å². The minimum atomic E-state index is -0.144. The van der Waals surface area contributed by atoms with Gasteiger partial charge in [0.25, 0.3) is 0 Å². The van der Waals surface area contributed by atoms with Crippen molar-refractivity contribution in [2.75, 3.05) is 11.9 Å². The van der Waals surface area contributed by atoms with E-state index in [9.17, 15) is 4.79 Å². The number of hydrogen-bond acceptors (Lipinski definition) is 4. The number of carbonyl (C=O) groups is 1. The third-order valence-corrected chi connectivity index (χ3v) is 3.83. The summed E-state index contributed by atoms with van der Waals surface area (Å²) in [5.41, 5.74) is 7.95. The molecule has 2 aromatic rings. The van der Waals surface area contributed by atoms with E-state index in [-0.39, 0.29) is 26.8 Å². The van der Waals surface area contributed by atoms with Crippen LogP contribution in [0.4, 0.5) is 5.69 Å². The first-order valence-electron chi connectivity index (χ1n) is 5.48. The average Bonchev–Trinajstić information content (AvgIpc) is 2.80. The van der Waals surface area contributed by atoms with Crippen LogP contribution in [0.3, 0.4) is 0 Å². The van der Waals surface area contributed by atoms with Gasteiger partial charge in [-0.3, -0.25) is 0 Å². The van der Waals surface area contributed by atoms with E-state index in [0.29, 0.717) is 6.54 Å². The number of fused-ring (bicyclic) bond motifs is 1. The zero-order valence-corrected chi connectivity index (χ0v) is 11.2. The molecule has 2 rings (SSSR count). The first-order chi connectivity index (χ1) is 8.26. The molecular weight excluding hydrogens is 283 g/mol. The van der Waals surface area contributed by atoms with Gasteiger partial charge in [-0.25, -0.2) is 0 Å². The van der Waals surface area contributed by atoms with Gasteiger partial charge in [-0.15, -0.1) is 0 Å². The molecule has 0 spiro atoms. The first-order valence-corrected chi connectivity index (χ1v) is 7.01. The van der Waals surface area contributed by atoms with Crippen molar-refractivity contribution in [2.45, 2.75) is 13.3 Å². The third kappa shape index (κ3) is 2.54. The van der Waals surface area contributed by atoms with Crippen molar-refractivity contribution in [2.24, 2.45) is 11.7 Å². The SMILES string of the molecule is CCC(CN)C(=O)Nc1cccc2n[se]nc12. The molecule has 1 aromatic heterocycles. The van der Waals surface area contributed by atoms with E-state index in [1.54, 1.807) is 0 Å². The number of anilines is 1. The second-order valence-electron chi connectivity index (χ2n) is 3.77. The Morgan fingerprint density at radius 2 is 2.35 bits per heavy atom. The summed E-state index contributed by atoms with van der Waals surface area (Å²) in [6.45, 7) is 2.32. The number of nitrogens with two attached hydrogens (primary N) is 1. The molecule has 6 heteroatoms. The number of nitrogens with one attached hydrogen (secondary N) is 1. The predicted octanol–water partition coefficient (Wildman–Crippen LogP) is 0.610. The van der Waals surface area contributed by atoms with Crippen LogP contribution in [0.25, 0.3) is 11.0 Å². The van der Waals surface area contributed by atoms with Gasteiger partial charge in [0, 0.05) is 0 Å². The van der Waals surface area contributed by atoms with Crippen molar-refractivity contribution in [3.05, 3.63) is 18.2 Å². The molecule has 1 aromatic carbocycles. The predicted molar refractivity (Wildman–Crippen MR) is 67.9 cm³/mol. The topological polar surface area (TPSA) is 80.9 Å². The normalized spacial score (nSPS) is 12.6. The summed E-state index contributed by atoms with van der Waals surface area (Å²) < 4.78 is 8.59. The minimum absolute atomic E-state index is 0.0435. The van der Waals surface area contributed by atoms with E-state index in [0.717, 1.165) is 23.1 Å². The summed E-state index contributed by atoms with van der Waals surface area (Å²) in [4.78, 5) is 11.9. The van der Waals surface area contributed by atoms with Crippen LogP contribution < -0.4 is 11.1 Å². The monoisotopic (exact) mass is 298 g/mol. The number of carbonyl (C=O) groups excluding carboxylic acids is 1. The van der Waals surface area contributed by atoms with E-state index in [1.165, 1.54) is 0 Å². The molecule has 0 fully saturated rings. The van der Waals surface area contributed by atoms with E-state index >= 15 is 0 Å². The summed E-state index contributed by atoms with van der Waals surface area (Å²) >= 11 is -0.0822. The Labute approximate surface area is 106 Å². The van der Waals surface area contributed by atoms with E-state index in [1.807, 2.05) is 25.1 Å². The van der Waals surface area contributed by atoms with E-state index < -0.39 is 0 Å². The van der Waals surface area contributed by atoms with Crippen molar-refractivity contribution in [3.8, 4) is 0 Å². The van der Waals surface area contributed by atoms with Crippen molar-refractivity contribution in [3.63, 3.8) is 0 Å². The van der Waals surface area contributed by atoms with Crippen LogP contribution in [-0.2, 0) is 4.79 Å². The molecule has 0 aliphatic rings. The number of benzene rings is 1. The molecule has 1 atom stereocenters. The van der Waals surface area contributed by atoms with Gasteiger partial charge in [-0.05, 0) is 0 Å². The number of hydrogen-bond donors (Lipinski definition) is 2. The second kappa shape index (κ2) is 5.40. The van der Waals surface area contributed by atoms with E-state index in [4.69, 9.17) is 5.73 Å². The van der Waals surface area contributed by atoms with Gasteiger partial charge in [0.05, 0.1) is 0 Å². The van der Waals surface area contributed by atoms with Crippen molar-refractivity contribution in [1.82, 2.24) is 7.96 Å². The molecule has 3 N–H and O–H groups in total. The summed E-state index contributed by atoms with van der Waals surface area (Å²) in [5, 5.41) is 2.88. The Hall–Kier alpha value is -1.23. The quantitative estimate of drug-likeness (QED) is 0.810. The molecule has 17 heavy (non-hydrogen) atoms. The van der Waals surface area contributed by atoms with Crippen LogP contribution in [0, 0.1) is 5.92 Å². The summed E-state index contributed by atoms with van der Waals surface area (Å²) in [6.07, 6.45) is 0.739. The van der Waals surface area contributed by atoms with Gasteiger partial charge in [-0.2, -0.15) is 0 Å². The van der Waals surface area contributed by atoms with Gasteiger partial charge in [0.1, 0.15) is 0 Å². The summed E-state index contributed by atoms with van der Waals surface area (Å²) in [7, 11) is 0. The van der Waals surface area contributed by atoms with Crippen molar-refractivity contribution >= 4 is 37.6 Å². The van der Waals surface area contributed by atoms with Gasteiger partial charge in [-0.1, -0.05) is 0 Å². The average molecular weight is 297 g/mol. The molecule has 0 saturated heterocycles. The molecule has 5 nitrogen and oxygen atoms in total. The van der Waals surface area contributed by atoms with Crippen LogP contribution in [-0.4, -0.2) is 35.4 Å². The number of nitrogens with zero attached hydrogens (tertiary/aromatic N) is 2. The Kier molecular flexibility index (Phi) is 3.89. The molecule has 1 heterocycles. The fourth-order valence-electron chi connectivity index (χ4n) is 1.60. The van der Waals surface area contributed by atoms with Crippen LogP contribution in [0.1, 0.15) is 13.3 Å². The maximum atomic E-state index is 11.9. The second-order valence-corrected chi connectivity index (χ2v) is 4.88. The molecule has 0 radical (unpaired) electrons. The Morgan fingerprint density at radius 3 is 3.06 bits per heavy atom. The Bertz CT molecular complexity index is 521. The molecule has 0 aliphatic heterocycles. The maximum absolute atomic E-state index is 11.9. The third-order valence-electron chi connectivity index (χ3n) is 2.69.